The van der Waals surface area contributed by atoms with Gasteiger partial charge in [0.2, 0.25) is 0 Å². The van der Waals surface area contributed by atoms with E-state index in [2.05, 4.69) is 0 Å². The first-order valence-corrected chi connectivity index (χ1v) is 4.66. The van der Waals surface area contributed by atoms with Crippen LogP contribution in [-0.2, 0) is 0 Å². The van der Waals surface area contributed by atoms with Crippen LogP contribution in [0.15, 0.2) is 18.2 Å². The highest BCUT2D eigenvalue weighted by molar-refractivity contribution is 5.91. The Labute approximate surface area is 88.1 Å². The van der Waals surface area contributed by atoms with Crippen LogP contribution in [0.3, 0.4) is 0 Å². The van der Waals surface area contributed by atoms with E-state index >= 15 is 0 Å². The predicted molar refractivity (Wildman–Crippen MR) is 55.3 cm³/mol. The van der Waals surface area contributed by atoms with E-state index < -0.39 is 12.1 Å². The van der Waals surface area contributed by atoms with Crippen LogP contribution in [0.5, 0.6) is 5.75 Å². The van der Waals surface area contributed by atoms with Gasteiger partial charge in [0.15, 0.2) is 0 Å². The van der Waals surface area contributed by atoms with E-state index in [0.29, 0.717) is 5.75 Å². The maximum absolute atomic E-state index is 10.9. The summed E-state index contributed by atoms with van der Waals surface area (Å²) in [5.74, 6) is -0.704. The van der Waals surface area contributed by atoms with E-state index in [-0.39, 0.29) is 12.2 Å². The summed E-state index contributed by atoms with van der Waals surface area (Å²) in [4.78, 5) is 10.9. The normalized spacial score (nSPS) is 12.2. The third kappa shape index (κ3) is 2.95. The molecule has 0 aliphatic carbocycles. The second-order valence-corrected chi connectivity index (χ2v) is 3.42. The number of carboxylic acid groups (broad SMARTS) is 1. The average molecular weight is 210 g/mol. The first-order chi connectivity index (χ1) is 7.02. The van der Waals surface area contributed by atoms with Gasteiger partial charge in [-0.1, -0.05) is 12.1 Å². The van der Waals surface area contributed by atoms with Gasteiger partial charge in [0.25, 0.3) is 0 Å². The van der Waals surface area contributed by atoms with Crippen molar-refractivity contribution >= 4 is 5.97 Å². The summed E-state index contributed by atoms with van der Waals surface area (Å²) in [5, 5.41) is 18.0. The maximum atomic E-state index is 10.9. The molecule has 82 valence electrons. The first-order valence-electron chi connectivity index (χ1n) is 4.66. The SMILES string of the molecule is Cc1cccc(C(=O)O)c1OCC(C)O. The van der Waals surface area contributed by atoms with Gasteiger partial charge in [0, 0.05) is 0 Å². The zero-order chi connectivity index (χ0) is 11.4. The zero-order valence-corrected chi connectivity index (χ0v) is 8.73. The van der Waals surface area contributed by atoms with E-state index in [1.54, 1.807) is 26.0 Å². The summed E-state index contributed by atoms with van der Waals surface area (Å²) >= 11 is 0. The molecule has 1 aromatic rings. The highest BCUT2D eigenvalue weighted by Gasteiger charge is 2.13. The quantitative estimate of drug-likeness (QED) is 0.789. The molecule has 1 atom stereocenters. The fourth-order valence-electron chi connectivity index (χ4n) is 1.22. The zero-order valence-electron chi connectivity index (χ0n) is 8.73. The van der Waals surface area contributed by atoms with Crippen molar-refractivity contribution in [3.05, 3.63) is 29.3 Å². The largest absolute Gasteiger partial charge is 0.490 e. The van der Waals surface area contributed by atoms with Gasteiger partial charge in [0.1, 0.15) is 17.9 Å². The van der Waals surface area contributed by atoms with Crippen LogP contribution in [0.1, 0.15) is 22.8 Å². The van der Waals surface area contributed by atoms with Gasteiger partial charge in [0.05, 0.1) is 6.10 Å². The van der Waals surface area contributed by atoms with Crippen molar-refractivity contribution < 1.29 is 19.7 Å². The van der Waals surface area contributed by atoms with E-state index in [4.69, 9.17) is 14.9 Å². The third-order valence-electron chi connectivity index (χ3n) is 1.91. The van der Waals surface area contributed by atoms with Crippen molar-refractivity contribution in [2.75, 3.05) is 6.61 Å². The molecular formula is C11H14O4. The highest BCUT2D eigenvalue weighted by atomic mass is 16.5. The number of benzene rings is 1. The van der Waals surface area contributed by atoms with Crippen molar-refractivity contribution in [2.24, 2.45) is 0 Å². The lowest BCUT2D eigenvalue weighted by atomic mass is 10.1. The molecule has 0 fully saturated rings. The Kier molecular flexibility index (Phi) is 3.68. The maximum Gasteiger partial charge on any atom is 0.339 e. The number of aliphatic hydroxyl groups is 1. The Morgan fingerprint density at radius 2 is 2.20 bits per heavy atom. The lowest BCUT2D eigenvalue weighted by Gasteiger charge is -2.12. The van der Waals surface area contributed by atoms with Crippen LogP contribution < -0.4 is 4.74 Å². The Bertz CT molecular complexity index is 358. The Hall–Kier alpha value is -1.55. The van der Waals surface area contributed by atoms with E-state index in [0.717, 1.165) is 5.56 Å². The minimum Gasteiger partial charge on any atom is -0.490 e. The van der Waals surface area contributed by atoms with Gasteiger partial charge < -0.3 is 14.9 Å². The standard InChI is InChI=1S/C11H14O4/c1-7-4-3-5-9(11(13)14)10(7)15-6-8(2)12/h3-5,8,12H,6H2,1-2H3,(H,13,14). The highest BCUT2D eigenvalue weighted by Crippen LogP contribution is 2.23. The van der Waals surface area contributed by atoms with E-state index in [9.17, 15) is 4.79 Å². The smallest absolute Gasteiger partial charge is 0.339 e. The summed E-state index contributed by atoms with van der Waals surface area (Å²) in [6.07, 6.45) is -0.619. The lowest BCUT2D eigenvalue weighted by Crippen LogP contribution is -2.15. The summed E-state index contributed by atoms with van der Waals surface area (Å²) in [7, 11) is 0. The van der Waals surface area contributed by atoms with Gasteiger partial charge in [-0.2, -0.15) is 0 Å². The van der Waals surface area contributed by atoms with Crippen LogP contribution >= 0.6 is 0 Å². The van der Waals surface area contributed by atoms with Crippen molar-refractivity contribution in [1.29, 1.82) is 0 Å². The summed E-state index contributed by atoms with van der Waals surface area (Å²) in [6.45, 7) is 3.44. The molecule has 0 aliphatic rings. The molecule has 0 aromatic heterocycles. The molecule has 0 bridgehead atoms. The molecule has 0 saturated carbocycles. The molecule has 1 rings (SSSR count). The topological polar surface area (TPSA) is 66.8 Å². The number of aryl methyl sites for hydroxylation is 1. The van der Waals surface area contributed by atoms with Crippen LogP contribution in [0.4, 0.5) is 0 Å². The average Bonchev–Trinajstić information content (AvgIpc) is 2.15. The molecule has 15 heavy (non-hydrogen) atoms. The number of rotatable bonds is 4. The van der Waals surface area contributed by atoms with Gasteiger partial charge in [-0.3, -0.25) is 0 Å². The van der Waals surface area contributed by atoms with Gasteiger partial charge in [-0.25, -0.2) is 4.79 Å². The Morgan fingerprint density at radius 3 is 2.73 bits per heavy atom. The van der Waals surface area contributed by atoms with Crippen LogP contribution in [-0.4, -0.2) is 28.9 Å². The van der Waals surface area contributed by atoms with E-state index in [1.165, 1.54) is 6.07 Å². The number of aliphatic hydroxyl groups excluding tert-OH is 1. The minimum atomic E-state index is -1.03. The molecule has 2 N–H and O–H groups in total. The molecule has 0 spiro atoms. The fourth-order valence-corrected chi connectivity index (χ4v) is 1.22. The van der Waals surface area contributed by atoms with Crippen LogP contribution in [0.25, 0.3) is 0 Å². The number of hydrogen-bond acceptors (Lipinski definition) is 3. The second-order valence-electron chi connectivity index (χ2n) is 3.42. The second kappa shape index (κ2) is 4.79. The minimum absolute atomic E-state index is 0.0884. The molecule has 4 nitrogen and oxygen atoms in total. The molecule has 0 amide bonds. The molecule has 0 heterocycles. The molecule has 4 heteroatoms. The van der Waals surface area contributed by atoms with Gasteiger partial charge in [-0.05, 0) is 25.5 Å². The number of aromatic carboxylic acids is 1. The first kappa shape index (κ1) is 11.5. The number of hydrogen-bond donors (Lipinski definition) is 2. The van der Waals surface area contributed by atoms with Gasteiger partial charge in [-0.15, -0.1) is 0 Å². The Morgan fingerprint density at radius 1 is 1.53 bits per heavy atom. The van der Waals surface area contributed by atoms with Crippen LogP contribution in [0.2, 0.25) is 0 Å². The van der Waals surface area contributed by atoms with Crippen molar-refractivity contribution in [1.82, 2.24) is 0 Å². The van der Waals surface area contributed by atoms with Crippen molar-refractivity contribution in [3.63, 3.8) is 0 Å². The Balaban J connectivity index is 2.97. The summed E-state index contributed by atoms with van der Waals surface area (Å²) in [6, 6.07) is 4.91. The lowest BCUT2D eigenvalue weighted by molar-refractivity contribution is 0.0685. The molecule has 0 aliphatic heterocycles. The number of ether oxygens (including phenoxy) is 1. The van der Waals surface area contributed by atoms with E-state index in [1.807, 2.05) is 0 Å². The third-order valence-corrected chi connectivity index (χ3v) is 1.91. The van der Waals surface area contributed by atoms with Crippen molar-refractivity contribution in [3.8, 4) is 5.75 Å². The molecular weight excluding hydrogens is 196 g/mol. The molecule has 0 saturated heterocycles. The number of carboxylic acids is 1. The fraction of sp³-hybridized carbons (Fsp3) is 0.364. The summed E-state index contributed by atoms with van der Waals surface area (Å²) in [5.41, 5.74) is 0.867. The molecule has 1 aromatic carbocycles. The number of carbonyl (C=O) groups is 1. The van der Waals surface area contributed by atoms with Crippen molar-refractivity contribution in [2.45, 2.75) is 20.0 Å². The molecule has 0 radical (unpaired) electrons. The molecule has 1 unspecified atom stereocenters. The summed E-state index contributed by atoms with van der Waals surface area (Å²) < 4.78 is 5.26. The predicted octanol–water partition coefficient (Wildman–Crippen LogP) is 1.45. The van der Waals surface area contributed by atoms with Gasteiger partial charge >= 0.3 is 5.97 Å². The van der Waals surface area contributed by atoms with Crippen LogP contribution in [0, 0.1) is 6.92 Å². The number of para-hydroxylation sites is 1. The monoisotopic (exact) mass is 210 g/mol.